The Balaban J connectivity index is 1.60. The molecule has 1 aliphatic carbocycles. The van der Waals surface area contributed by atoms with Crippen LogP contribution in [0.5, 0.6) is 5.75 Å². The van der Waals surface area contributed by atoms with Crippen LogP contribution in [0.2, 0.25) is 0 Å². The molecule has 1 spiro atoms. The van der Waals surface area contributed by atoms with Crippen molar-refractivity contribution in [1.29, 1.82) is 0 Å². The van der Waals surface area contributed by atoms with Crippen molar-refractivity contribution in [2.45, 2.75) is 25.3 Å². The van der Waals surface area contributed by atoms with E-state index in [2.05, 4.69) is 22.1 Å². The number of hydrogen-bond donors (Lipinski definition) is 2. The van der Waals surface area contributed by atoms with Gasteiger partial charge in [0.05, 0.1) is 24.5 Å². The van der Waals surface area contributed by atoms with Crippen molar-refractivity contribution in [1.82, 2.24) is 15.1 Å². The van der Waals surface area contributed by atoms with Crippen LogP contribution in [-0.2, 0) is 9.59 Å². The largest absolute Gasteiger partial charge is 0.494 e. The Morgan fingerprint density at radius 3 is 2.96 bits per heavy atom. The van der Waals surface area contributed by atoms with Crippen molar-refractivity contribution in [3.63, 3.8) is 0 Å². The van der Waals surface area contributed by atoms with Crippen molar-refractivity contribution in [3.8, 4) is 5.75 Å². The van der Waals surface area contributed by atoms with Gasteiger partial charge in [0.25, 0.3) is 0 Å². The molecule has 1 atom stereocenters. The highest BCUT2D eigenvalue weighted by Gasteiger charge is 2.54. The summed E-state index contributed by atoms with van der Waals surface area (Å²) in [6.45, 7) is 4.19. The highest BCUT2D eigenvalue weighted by molar-refractivity contribution is 6.01. The molecule has 2 amide bonds. The Bertz CT molecular complexity index is 868. The fraction of sp³-hybridized carbons (Fsp3) is 0.389. The van der Waals surface area contributed by atoms with E-state index in [0.717, 1.165) is 23.7 Å². The van der Waals surface area contributed by atoms with Crippen LogP contribution in [0.15, 0.2) is 31.0 Å². The van der Waals surface area contributed by atoms with E-state index in [0.29, 0.717) is 24.4 Å². The molecule has 0 radical (unpaired) electrons. The van der Waals surface area contributed by atoms with Crippen molar-refractivity contribution < 1.29 is 14.3 Å². The maximum absolute atomic E-state index is 12.9. The monoisotopic (exact) mass is 340 g/mol. The number of anilines is 1. The molecule has 1 aromatic carbocycles. The maximum atomic E-state index is 12.9. The summed E-state index contributed by atoms with van der Waals surface area (Å²) in [5, 5.41) is 10.7. The topological polar surface area (TPSA) is 87.3 Å². The Morgan fingerprint density at radius 1 is 1.48 bits per heavy atom. The molecule has 1 saturated carbocycles. The van der Waals surface area contributed by atoms with E-state index in [-0.39, 0.29) is 17.2 Å². The van der Waals surface area contributed by atoms with Gasteiger partial charge in [-0.25, -0.2) is 0 Å². The number of aromatic amines is 1. The van der Waals surface area contributed by atoms with E-state index in [1.807, 2.05) is 6.07 Å². The number of benzene rings is 1. The van der Waals surface area contributed by atoms with Gasteiger partial charge in [-0.15, -0.1) is 0 Å². The molecule has 2 aliphatic rings. The minimum absolute atomic E-state index is 0.124. The van der Waals surface area contributed by atoms with Gasteiger partial charge in [-0.2, -0.15) is 5.10 Å². The molecular formula is C18H20N4O3. The van der Waals surface area contributed by atoms with Crippen LogP contribution >= 0.6 is 0 Å². The number of carbonyl (C=O) groups is 2. The number of carbonyl (C=O) groups excluding carboxylic acids is 2. The average Bonchev–Trinajstić information content (AvgIpc) is 3.04. The quantitative estimate of drug-likeness (QED) is 0.834. The number of aromatic nitrogens is 2. The number of H-pyrrole nitrogens is 1. The van der Waals surface area contributed by atoms with Crippen LogP contribution in [0.1, 0.15) is 19.3 Å². The molecule has 2 aromatic rings. The summed E-state index contributed by atoms with van der Waals surface area (Å²) in [4.78, 5) is 26.7. The van der Waals surface area contributed by atoms with Gasteiger partial charge in [0.15, 0.2) is 0 Å². The van der Waals surface area contributed by atoms with Crippen LogP contribution in [0.4, 0.5) is 5.69 Å². The molecule has 7 heteroatoms. The second-order valence-corrected chi connectivity index (χ2v) is 6.89. The lowest BCUT2D eigenvalue weighted by atomic mass is 10.0. The van der Waals surface area contributed by atoms with Gasteiger partial charge in [0, 0.05) is 18.0 Å². The van der Waals surface area contributed by atoms with Crippen molar-refractivity contribution in [2.75, 3.05) is 19.0 Å². The zero-order chi connectivity index (χ0) is 17.6. The minimum Gasteiger partial charge on any atom is -0.494 e. The molecular weight excluding hydrogens is 320 g/mol. The number of amides is 2. The first-order valence-electron chi connectivity index (χ1n) is 8.30. The summed E-state index contributed by atoms with van der Waals surface area (Å²) >= 11 is 0. The third-order valence-electron chi connectivity index (χ3n) is 5.24. The lowest BCUT2D eigenvalue weighted by molar-refractivity contribution is -0.132. The molecule has 2 heterocycles. The Labute approximate surface area is 145 Å². The number of likely N-dealkylation sites (tertiary alicyclic amines) is 1. The fourth-order valence-electron chi connectivity index (χ4n) is 3.63. The highest BCUT2D eigenvalue weighted by Crippen LogP contribution is 2.55. The zero-order valence-electron chi connectivity index (χ0n) is 14.0. The van der Waals surface area contributed by atoms with Gasteiger partial charge in [-0.1, -0.05) is 6.58 Å². The van der Waals surface area contributed by atoms with Gasteiger partial charge < -0.3 is 15.0 Å². The summed E-state index contributed by atoms with van der Waals surface area (Å²) < 4.78 is 5.38. The van der Waals surface area contributed by atoms with E-state index in [1.54, 1.807) is 24.3 Å². The van der Waals surface area contributed by atoms with Crippen LogP contribution in [0.3, 0.4) is 0 Å². The normalized spacial score (nSPS) is 20.7. The smallest absolute Gasteiger partial charge is 0.247 e. The lowest BCUT2D eigenvalue weighted by Crippen LogP contribution is -2.42. The molecule has 2 fully saturated rings. The molecule has 7 nitrogen and oxygen atoms in total. The SMILES string of the molecule is C=CC(=O)N1CC2(CC2)C[C@H]1C(=O)Nc1cc2cn[nH]c2cc1OC. The Kier molecular flexibility index (Phi) is 3.52. The van der Waals surface area contributed by atoms with Gasteiger partial charge >= 0.3 is 0 Å². The van der Waals surface area contributed by atoms with E-state index >= 15 is 0 Å². The van der Waals surface area contributed by atoms with Gasteiger partial charge in [0.2, 0.25) is 11.8 Å². The number of methoxy groups -OCH3 is 1. The highest BCUT2D eigenvalue weighted by atomic mass is 16.5. The second-order valence-electron chi connectivity index (χ2n) is 6.89. The first-order chi connectivity index (χ1) is 12.0. The Hall–Kier alpha value is -2.83. The zero-order valence-corrected chi connectivity index (χ0v) is 14.0. The summed E-state index contributed by atoms with van der Waals surface area (Å²) in [7, 11) is 1.55. The molecule has 1 saturated heterocycles. The maximum Gasteiger partial charge on any atom is 0.247 e. The van der Waals surface area contributed by atoms with E-state index in [1.165, 1.54) is 6.08 Å². The third-order valence-corrected chi connectivity index (χ3v) is 5.24. The average molecular weight is 340 g/mol. The number of nitrogens with one attached hydrogen (secondary N) is 2. The molecule has 2 N–H and O–H groups in total. The third kappa shape index (κ3) is 2.65. The number of nitrogens with zero attached hydrogens (tertiary/aromatic N) is 2. The van der Waals surface area contributed by atoms with E-state index in [4.69, 9.17) is 4.74 Å². The van der Waals surface area contributed by atoms with Gasteiger partial charge in [-0.05, 0) is 36.8 Å². The fourth-order valence-corrected chi connectivity index (χ4v) is 3.63. The molecule has 25 heavy (non-hydrogen) atoms. The lowest BCUT2D eigenvalue weighted by Gasteiger charge is -2.23. The minimum atomic E-state index is -0.474. The predicted molar refractivity (Wildman–Crippen MR) is 93.3 cm³/mol. The number of fused-ring (bicyclic) bond motifs is 1. The molecule has 0 bridgehead atoms. The van der Waals surface area contributed by atoms with Crippen molar-refractivity contribution in [3.05, 3.63) is 31.0 Å². The van der Waals surface area contributed by atoms with E-state index < -0.39 is 6.04 Å². The van der Waals surface area contributed by atoms with Crippen molar-refractivity contribution in [2.24, 2.45) is 5.41 Å². The molecule has 1 aliphatic heterocycles. The first kappa shape index (κ1) is 15.7. The number of hydrogen-bond acceptors (Lipinski definition) is 4. The Morgan fingerprint density at radius 2 is 2.28 bits per heavy atom. The van der Waals surface area contributed by atoms with Crippen LogP contribution in [0.25, 0.3) is 10.9 Å². The second kappa shape index (κ2) is 5.61. The van der Waals surface area contributed by atoms with Gasteiger partial charge in [-0.3, -0.25) is 14.7 Å². The van der Waals surface area contributed by atoms with Crippen LogP contribution in [-0.4, -0.2) is 46.6 Å². The van der Waals surface area contributed by atoms with Crippen LogP contribution in [0, 0.1) is 5.41 Å². The summed E-state index contributed by atoms with van der Waals surface area (Å²) in [5.41, 5.74) is 1.53. The van der Waals surface area contributed by atoms with E-state index in [9.17, 15) is 9.59 Å². The molecule has 130 valence electrons. The van der Waals surface area contributed by atoms with Crippen LogP contribution < -0.4 is 10.1 Å². The predicted octanol–water partition coefficient (Wildman–Crippen LogP) is 2.08. The molecule has 4 rings (SSSR count). The standard InChI is InChI=1S/C18H20N4O3/c1-3-16(23)22-10-18(4-5-18)8-14(22)17(24)20-13-6-11-9-19-21-12(11)7-15(13)25-2/h3,6-7,9,14H,1,4-5,8,10H2,2H3,(H,19,21)(H,20,24)/t14-/m0/s1. The van der Waals surface area contributed by atoms with Gasteiger partial charge in [0.1, 0.15) is 11.8 Å². The summed E-state index contributed by atoms with van der Waals surface area (Å²) in [6.07, 6.45) is 5.81. The van der Waals surface area contributed by atoms with Crippen molar-refractivity contribution >= 4 is 28.4 Å². The number of ether oxygens (including phenoxy) is 1. The number of rotatable bonds is 4. The first-order valence-corrected chi connectivity index (χ1v) is 8.30. The summed E-state index contributed by atoms with van der Waals surface area (Å²) in [5.74, 6) is 0.159. The summed E-state index contributed by atoms with van der Waals surface area (Å²) in [6, 6.07) is 3.14. The molecule has 0 unspecified atom stereocenters. The molecule has 1 aromatic heterocycles.